The number of hydrogen-bond acceptors (Lipinski definition) is 7. The molecule has 0 amide bonds. The number of anilines is 1. The van der Waals surface area contributed by atoms with E-state index in [0.29, 0.717) is 17.5 Å². The molecule has 1 aliphatic heterocycles. The summed E-state index contributed by atoms with van der Waals surface area (Å²) in [6, 6.07) is 2.68. The number of hydrogen-bond donors (Lipinski definition) is 4. The zero-order valence-corrected chi connectivity index (χ0v) is 16.0. The Kier molecular flexibility index (Phi) is 5.12. The first-order valence-electron chi connectivity index (χ1n) is 9.12. The van der Waals surface area contributed by atoms with E-state index in [1.54, 1.807) is 6.07 Å². The van der Waals surface area contributed by atoms with Gasteiger partial charge in [-0.1, -0.05) is 0 Å². The Morgan fingerprint density at radius 2 is 1.97 bits per heavy atom. The number of rotatable bonds is 4. The molecular weight excluding hydrogens is 424 g/mol. The first-order valence-corrected chi connectivity index (χ1v) is 9.12. The monoisotopic (exact) mass is 442 g/mol. The molecule has 0 radical (unpaired) electrons. The maximum Gasteiger partial charge on any atom is 0.266 e. The molecule has 12 heteroatoms. The maximum absolute atomic E-state index is 13.8. The highest BCUT2D eigenvalue weighted by Gasteiger charge is 2.56. The van der Waals surface area contributed by atoms with Crippen molar-refractivity contribution in [3.63, 3.8) is 0 Å². The van der Waals surface area contributed by atoms with E-state index in [9.17, 15) is 32.9 Å². The van der Waals surface area contributed by atoms with Gasteiger partial charge in [-0.05, 0) is 30.7 Å². The van der Waals surface area contributed by atoms with Gasteiger partial charge in [-0.15, -0.1) is 0 Å². The third-order valence-corrected chi connectivity index (χ3v) is 5.49. The minimum atomic E-state index is -3.33. The van der Waals surface area contributed by atoms with Crippen molar-refractivity contribution < 1.29 is 37.6 Å². The van der Waals surface area contributed by atoms with E-state index in [-0.39, 0.29) is 11.5 Å². The fourth-order valence-corrected chi connectivity index (χ4v) is 3.76. The van der Waals surface area contributed by atoms with E-state index < -0.39 is 59.3 Å². The largest absolute Gasteiger partial charge is 0.386 e. The highest BCUT2D eigenvalue weighted by atomic mass is 19.3. The molecule has 1 aliphatic rings. The summed E-state index contributed by atoms with van der Waals surface area (Å²) in [5.74, 6) is -3.16. The van der Waals surface area contributed by atoms with Crippen LogP contribution in [-0.4, -0.2) is 47.7 Å². The molecule has 166 valence electrons. The predicted molar refractivity (Wildman–Crippen MR) is 98.8 cm³/mol. The van der Waals surface area contributed by atoms with Crippen LogP contribution in [0.25, 0.3) is 11.0 Å². The summed E-state index contributed by atoms with van der Waals surface area (Å²) in [4.78, 5) is 7.92. The number of fused-ring (bicyclic) bond motifs is 1. The molecule has 0 spiro atoms. The van der Waals surface area contributed by atoms with Gasteiger partial charge in [-0.25, -0.2) is 27.5 Å². The average molecular weight is 442 g/mol. The number of aliphatic hydroxyl groups is 3. The fraction of sp³-hybridized carbons (Fsp3) is 0.368. The van der Waals surface area contributed by atoms with E-state index in [0.717, 1.165) is 6.92 Å². The van der Waals surface area contributed by atoms with Crippen LogP contribution in [0.1, 0.15) is 36.8 Å². The number of benzene rings is 1. The third-order valence-electron chi connectivity index (χ3n) is 5.49. The number of alkyl halides is 2. The zero-order chi connectivity index (χ0) is 22.7. The summed E-state index contributed by atoms with van der Waals surface area (Å²) < 4.78 is 60.6. The second-order valence-electron chi connectivity index (χ2n) is 7.49. The van der Waals surface area contributed by atoms with Crippen LogP contribution in [0.5, 0.6) is 0 Å². The molecule has 0 bridgehead atoms. The lowest BCUT2D eigenvalue weighted by Gasteiger charge is -2.30. The minimum absolute atomic E-state index is 0.167. The third kappa shape index (κ3) is 3.31. The highest BCUT2D eigenvalue weighted by molar-refractivity contribution is 5.86. The lowest BCUT2D eigenvalue weighted by Crippen LogP contribution is -2.47. The Bertz CT molecular complexity index is 1140. The van der Waals surface area contributed by atoms with Crippen molar-refractivity contribution in [3.05, 3.63) is 53.5 Å². The topological polar surface area (TPSA) is 127 Å². The normalized spacial score (nSPS) is 27.3. The number of aliphatic hydroxyl groups excluding tert-OH is 2. The number of nitrogens with two attached hydrogens (primary N) is 1. The SMILES string of the molecule is C[C@@]1(O)[C@@H]([C@@H](O)c2cc(F)c(F)c(C(F)F)c2)O[C@@H](n2ccc3c(N)ncnc32)[C@@H]1O. The molecule has 5 atom stereocenters. The average Bonchev–Trinajstić information content (AvgIpc) is 3.23. The Balaban J connectivity index is 1.72. The van der Waals surface area contributed by atoms with Crippen LogP contribution in [0.3, 0.4) is 0 Å². The van der Waals surface area contributed by atoms with Gasteiger partial charge < -0.3 is 30.4 Å². The lowest BCUT2D eigenvalue weighted by atomic mass is 9.88. The Morgan fingerprint density at radius 1 is 1.26 bits per heavy atom. The quantitative estimate of drug-likeness (QED) is 0.455. The minimum Gasteiger partial charge on any atom is -0.386 e. The highest BCUT2D eigenvalue weighted by Crippen LogP contribution is 2.44. The summed E-state index contributed by atoms with van der Waals surface area (Å²) >= 11 is 0. The summed E-state index contributed by atoms with van der Waals surface area (Å²) in [6.07, 6.45) is -7.00. The lowest BCUT2D eigenvalue weighted by molar-refractivity contribution is -0.115. The molecule has 31 heavy (non-hydrogen) atoms. The van der Waals surface area contributed by atoms with Crippen molar-refractivity contribution in [1.29, 1.82) is 0 Å². The van der Waals surface area contributed by atoms with Crippen LogP contribution >= 0.6 is 0 Å². The van der Waals surface area contributed by atoms with Crippen molar-refractivity contribution in [2.24, 2.45) is 0 Å². The second-order valence-corrected chi connectivity index (χ2v) is 7.49. The molecule has 1 aromatic carbocycles. The molecule has 5 N–H and O–H groups in total. The van der Waals surface area contributed by atoms with Gasteiger partial charge in [0.25, 0.3) is 6.43 Å². The van der Waals surface area contributed by atoms with Crippen LogP contribution in [0.2, 0.25) is 0 Å². The number of aromatic nitrogens is 3. The van der Waals surface area contributed by atoms with E-state index in [2.05, 4.69) is 9.97 Å². The number of nitrogen functional groups attached to an aromatic ring is 1. The van der Waals surface area contributed by atoms with E-state index >= 15 is 0 Å². The van der Waals surface area contributed by atoms with Gasteiger partial charge in [0.15, 0.2) is 17.9 Å². The van der Waals surface area contributed by atoms with Crippen LogP contribution in [0.15, 0.2) is 30.7 Å². The van der Waals surface area contributed by atoms with E-state index in [1.165, 1.54) is 17.1 Å². The summed E-state index contributed by atoms with van der Waals surface area (Å²) in [5, 5.41) is 32.7. The Morgan fingerprint density at radius 3 is 2.65 bits per heavy atom. The molecule has 1 fully saturated rings. The fourth-order valence-electron chi connectivity index (χ4n) is 3.76. The van der Waals surface area contributed by atoms with Crippen LogP contribution in [0, 0.1) is 11.6 Å². The van der Waals surface area contributed by atoms with Gasteiger partial charge in [0.1, 0.15) is 41.7 Å². The molecular formula is C19H18F4N4O4. The zero-order valence-electron chi connectivity index (χ0n) is 16.0. The first kappa shape index (κ1) is 21.4. The molecule has 8 nitrogen and oxygen atoms in total. The molecule has 0 saturated carbocycles. The van der Waals surface area contributed by atoms with Gasteiger partial charge in [-0.2, -0.15) is 0 Å². The second kappa shape index (κ2) is 7.41. The molecule has 0 aliphatic carbocycles. The molecule has 0 unspecified atom stereocenters. The van der Waals surface area contributed by atoms with Gasteiger partial charge in [0.2, 0.25) is 0 Å². The summed E-state index contributed by atoms with van der Waals surface area (Å²) in [5.41, 5.74) is 2.27. The summed E-state index contributed by atoms with van der Waals surface area (Å²) in [6.45, 7) is 1.16. The molecule has 4 rings (SSSR count). The van der Waals surface area contributed by atoms with Crippen LogP contribution in [-0.2, 0) is 4.74 Å². The van der Waals surface area contributed by atoms with Crippen molar-refractivity contribution in [3.8, 4) is 0 Å². The first-order chi connectivity index (χ1) is 14.5. The maximum atomic E-state index is 13.8. The van der Waals surface area contributed by atoms with Crippen LogP contribution in [0.4, 0.5) is 23.4 Å². The van der Waals surface area contributed by atoms with Crippen molar-refractivity contribution in [2.45, 2.75) is 43.5 Å². The van der Waals surface area contributed by atoms with Gasteiger partial charge >= 0.3 is 0 Å². The Hall–Kier alpha value is -2.80. The van der Waals surface area contributed by atoms with Crippen molar-refractivity contribution >= 4 is 16.9 Å². The van der Waals surface area contributed by atoms with Gasteiger partial charge in [0, 0.05) is 6.20 Å². The number of halogens is 4. The van der Waals surface area contributed by atoms with Crippen LogP contribution < -0.4 is 5.73 Å². The van der Waals surface area contributed by atoms with Gasteiger partial charge in [-0.3, -0.25) is 0 Å². The molecule has 3 aromatic rings. The van der Waals surface area contributed by atoms with E-state index in [4.69, 9.17) is 10.5 Å². The molecule has 2 aromatic heterocycles. The van der Waals surface area contributed by atoms with Crippen molar-refractivity contribution in [2.75, 3.05) is 5.73 Å². The van der Waals surface area contributed by atoms with Crippen molar-refractivity contribution in [1.82, 2.24) is 14.5 Å². The van der Waals surface area contributed by atoms with E-state index in [1.807, 2.05) is 0 Å². The smallest absolute Gasteiger partial charge is 0.266 e. The number of nitrogens with zero attached hydrogens (tertiary/aromatic N) is 3. The number of ether oxygens (including phenoxy) is 1. The Labute approximate surface area is 172 Å². The molecule has 1 saturated heterocycles. The predicted octanol–water partition coefficient (Wildman–Crippen LogP) is 1.97. The standard InChI is InChI=1S/C19H18F4N4O4/c1-19(30)13(29)18(27-3-2-8-16(24)25-6-26-17(8)27)31-14(19)12(28)7-4-9(15(22)23)11(21)10(20)5-7/h2-6,12-15,18,28-30H,1H3,(H2,24,25,26)/t12-,13-,14+,18+,19-/m0/s1. The summed E-state index contributed by atoms with van der Waals surface area (Å²) in [7, 11) is 0. The molecule has 3 heterocycles. The van der Waals surface area contributed by atoms with Gasteiger partial charge in [0.05, 0.1) is 10.9 Å².